The molecule has 0 spiro atoms. The Kier molecular flexibility index (Phi) is 10.8. The highest BCUT2D eigenvalue weighted by Crippen LogP contribution is 2.50. The molecule has 2 aromatic carbocycles. The van der Waals surface area contributed by atoms with Crippen LogP contribution in [0.25, 0.3) is 11.1 Å². The third kappa shape index (κ3) is 7.10. The van der Waals surface area contributed by atoms with Crippen LogP contribution >= 0.6 is 0 Å². The highest BCUT2D eigenvalue weighted by Gasteiger charge is 2.33. The van der Waals surface area contributed by atoms with Crippen LogP contribution in [-0.2, 0) is 20.7 Å². The van der Waals surface area contributed by atoms with Gasteiger partial charge in [-0.25, -0.2) is 4.79 Å². The van der Waals surface area contributed by atoms with Crippen molar-refractivity contribution >= 4 is 23.6 Å². The summed E-state index contributed by atoms with van der Waals surface area (Å²) in [7, 11) is 4.64. The number of benzene rings is 1. The molecule has 0 saturated carbocycles. The molecule has 2 aliphatic rings. The number of piperazine rings is 1. The standard InChI is InChI=1S/C33H44N4O8/c1-8-45-33(41)37-15-13-36(14-16-37)32(40)29(19(2)3)35-25-12-10-22-23(18-26(25)39)24(34-20(4)38)11-9-21-17-27(42-5)30(43-6)31(44-7)28(21)22/h10,12,17-19,24,29H,8-9,11,13-16H2,1-7H3,(H,34,38)(H,35,39)/t24-,29-/m0/s1. The Balaban J connectivity index is 1.75. The summed E-state index contributed by atoms with van der Waals surface area (Å²) < 4.78 is 22.2. The monoisotopic (exact) mass is 624 g/mol. The van der Waals surface area contributed by atoms with Crippen molar-refractivity contribution in [3.8, 4) is 28.4 Å². The third-order valence-electron chi connectivity index (χ3n) is 8.28. The summed E-state index contributed by atoms with van der Waals surface area (Å²) in [6.45, 7) is 8.80. The van der Waals surface area contributed by atoms with Gasteiger partial charge in [-0.1, -0.05) is 19.9 Å². The first-order valence-electron chi connectivity index (χ1n) is 15.3. The topological polar surface area (TPSA) is 136 Å². The minimum atomic E-state index is -0.689. The van der Waals surface area contributed by atoms with Crippen molar-refractivity contribution in [3.63, 3.8) is 0 Å². The molecule has 2 atom stereocenters. The molecule has 3 amide bonds. The minimum absolute atomic E-state index is 0.145. The predicted molar refractivity (Wildman–Crippen MR) is 170 cm³/mol. The molecule has 2 N–H and O–H groups in total. The van der Waals surface area contributed by atoms with Crippen LogP contribution in [-0.4, -0.2) is 87.9 Å². The van der Waals surface area contributed by atoms with Crippen LogP contribution in [0.1, 0.15) is 51.3 Å². The quantitative estimate of drug-likeness (QED) is 0.429. The first kappa shape index (κ1) is 33.4. The van der Waals surface area contributed by atoms with Crippen LogP contribution in [0.4, 0.5) is 10.5 Å². The van der Waals surface area contributed by atoms with Gasteiger partial charge in [0.05, 0.1) is 39.7 Å². The second kappa shape index (κ2) is 14.5. The molecular formula is C33H44N4O8. The molecule has 1 aliphatic carbocycles. The maximum atomic E-state index is 13.8. The van der Waals surface area contributed by atoms with Crippen molar-refractivity contribution in [1.82, 2.24) is 15.1 Å². The maximum Gasteiger partial charge on any atom is 0.409 e. The van der Waals surface area contributed by atoms with Crippen LogP contribution < -0.4 is 30.3 Å². The lowest BCUT2D eigenvalue weighted by atomic mass is 9.95. The van der Waals surface area contributed by atoms with E-state index in [2.05, 4.69) is 10.6 Å². The Morgan fingerprint density at radius 2 is 1.62 bits per heavy atom. The number of nitrogens with zero attached hydrogens (tertiary/aromatic N) is 2. The fourth-order valence-corrected chi connectivity index (χ4v) is 6.03. The fraction of sp³-hybridized carbons (Fsp3) is 0.515. The number of nitrogens with one attached hydrogen (secondary N) is 2. The number of methoxy groups -OCH3 is 3. The van der Waals surface area contributed by atoms with Crippen molar-refractivity contribution < 1.29 is 33.3 Å². The van der Waals surface area contributed by atoms with Crippen LogP contribution in [0.3, 0.4) is 0 Å². The zero-order valence-electron chi connectivity index (χ0n) is 27.2. The molecule has 1 fully saturated rings. The van der Waals surface area contributed by atoms with Crippen molar-refractivity contribution in [1.29, 1.82) is 0 Å². The first-order valence-corrected chi connectivity index (χ1v) is 15.3. The highest BCUT2D eigenvalue weighted by molar-refractivity contribution is 5.86. The van der Waals surface area contributed by atoms with E-state index < -0.39 is 12.1 Å². The molecule has 0 bridgehead atoms. The molecule has 1 aliphatic heterocycles. The Morgan fingerprint density at radius 1 is 0.956 bits per heavy atom. The van der Waals surface area contributed by atoms with Gasteiger partial charge in [0.1, 0.15) is 6.04 Å². The van der Waals surface area contributed by atoms with Gasteiger partial charge in [0, 0.05) is 38.7 Å². The number of rotatable bonds is 9. The Bertz CT molecular complexity index is 1490. The second-order valence-electron chi connectivity index (χ2n) is 11.5. The van der Waals surface area contributed by atoms with E-state index in [9.17, 15) is 19.2 Å². The van der Waals surface area contributed by atoms with Crippen LogP contribution in [0.15, 0.2) is 29.1 Å². The average molecular weight is 625 g/mol. The summed E-state index contributed by atoms with van der Waals surface area (Å²) in [5, 5.41) is 6.24. The zero-order chi connectivity index (χ0) is 32.8. The van der Waals surface area contributed by atoms with Crippen LogP contribution in [0.2, 0.25) is 0 Å². The maximum absolute atomic E-state index is 13.8. The molecular weight excluding hydrogens is 580 g/mol. The van der Waals surface area contributed by atoms with Crippen LogP contribution in [0.5, 0.6) is 17.2 Å². The normalized spacial score (nSPS) is 16.5. The van der Waals surface area contributed by atoms with E-state index in [4.69, 9.17) is 18.9 Å². The Morgan fingerprint density at radius 3 is 2.20 bits per heavy atom. The third-order valence-corrected chi connectivity index (χ3v) is 8.28. The van der Waals surface area contributed by atoms with Gasteiger partial charge in [0.15, 0.2) is 11.5 Å². The van der Waals surface area contributed by atoms with Gasteiger partial charge in [-0.05, 0) is 60.6 Å². The lowest BCUT2D eigenvalue weighted by Gasteiger charge is -2.36. The number of anilines is 1. The second-order valence-corrected chi connectivity index (χ2v) is 11.5. The van der Waals surface area contributed by atoms with Gasteiger partial charge in [-0.3, -0.25) is 14.4 Å². The van der Waals surface area contributed by atoms with Gasteiger partial charge >= 0.3 is 6.09 Å². The smallest absolute Gasteiger partial charge is 0.409 e. The van der Waals surface area contributed by atoms with Crippen molar-refractivity contribution in [2.75, 3.05) is 59.4 Å². The molecule has 4 rings (SSSR count). The number of ether oxygens (including phenoxy) is 4. The molecule has 0 unspecified atom stereocenters. The summed E-state index contributed by atoms with van der Waals surface area (Å²) in [5.41, 5.74) is 2.93. The lowest BCUT2D eigenvalue weighted by Crippen LogP contribution is -2.55. The van der Waals surface area contributed by atoms with Crippen molar-refractivity contribution in [2.45, 2.75) is 52.6 Å². The molecule has 0 aromatic heterocycles. The van der Waals surface area contributed by atoms with Gasteiger partial charge in [-0.15, -0.1) is 0 Å². The Hall–Kier alpha value is -4.48. The predicted octanol–water partition coefficient (Wildman–Crippen LogP) is 3.60. The SMILES string of the molecule is CCOC(=O)N1CCN(C(=O)[C@@H](Nc2ccc3c(cc2=O)[C@@H](NC(C)=O)CCc2cc(OC)c(OC)c(OC)c2-3)C(C)C)CC1. The lowest BCUT2D eigenvalue weighted by molar-refractivity contribution is -0.134. The van der Waals surface area contributed by atoms with Crippen molar-refractivity contribution in [3.05, 3.63) is 45.6 Å². The van der Waals surface area contributed by atoms with E-state index in [1.165, 1.54) is 20.1 Å². The fourth-order valence-electron chi connectivity index (χ4n) is 6.03. The molecule has 12 nitrogen and oxygen atoms in total. The highest BCUT2D eigenvalue weighted by atomic mass is 16.6. The van der Waals surface area contributed by atoms with Crippen molar-refractivity contribution in [2.24, 2.45) is 5.92 Å². The van der Waals surface area contributed by atoms with Crippen LogP contribution in [0, 0.1) is 5.92 Å². The van der Waals surface area contributed by atoms with Gasteiger partial charge in [-0.2, -0.15) is 0 Å². The molecule has 1 heterocycles. The molecule has 0 radical (unpaired) electrons. The average Bonchev–Trinajstić information content (AvgIpc) is 3.26. The number of carbonyl (C=O) groups is 3. The van der Waals surface area contributed by atoms with E-state index in [1.807, 2.05) is 26.0 Å². The largest absolute Gasteiger partial charge is 0.493 e. The number of fused-ring (bicyclic) bond motifs is 3. The Labute approximate surface area is 264 Å². The minimum Gasteiger partial charge on any atom is -0.493 e. The molecule has 244 valence electrons. The van der Waals surface area contributed by atoms with E-state index in [1.54, 1.807) is 37.0 Å². The van der Waals surface area contributed by atoms with Gasteiger partial charge in [0.2, 0.25) is 23.0 Å². The summed E-state index contributed by atoms with van der Waals surface area (Å²) in [5.74, 6) is 0.880. The molecule has 2 aromatic rings. The van der Waals surface area contributed by atoms with E-state index in [0.717, 1.165) is 11.1 Å². The number of hydrogen-bond acceptors (Lipinski definition) is 9. The number of carbonyl (C=O) groups excluding carboxylic acids is 3. The number of amides is 3. The molecule has 1 saturated heterocycles. The van der Waals surface area contributed by atoms with E-state index in [0.29, 0.717) is 74.0 Å². The summed E-state index contributed by atoms with van der Waals surface area (Å²) >= 11 is 0. The number of aryl methyl sites for hydroxylation is 1. The number of hydrogen-bond donors (Lipinski definition) is 2. The molecule has 45 heavy (non-hydrogen) atoms. The summed E-state index contributed by atoms with van der Waals surface area (Å²) in [4.78, 5) is 55.2. The summed E-state index contributed by atoms with van der Waals surface area (Å²) in [6.07, 6.45) is 0.736. The zero-order valence-corrected chi connectivity index (χ0v) is 27.2. The van der Waals surface area contributed by atoms with E-state index in [-0.39, 0.29) is 34.9 Å². The van der Waals surface area contributed by atoms with Gasteiger partial charge < -0.3 is 39.4 Å². The van der Waals surface area contributed by atoms with Gasteiger partial charge in [0.25, 0.3) is 0 Å². The first-order chi connectivity index (χ1) is 21.5. The summed E-state index contributed by atoms with van der Waals surface area (Å²) in [6, 6.07) is 5.80. The molecule has 12 heteroatoms. The van der Waals surface area contributed by atoms with E-state index >= 15 is 0 Å².